The number of carbonyl (C=O) groups is 2. The number of aryl methyl sites for hydroxylation is 1. The van der Waals surface area contributed by atoms with Gasteiger partial charge in [-0.1, -0.05) is 17.9 Å². The molecule has 8 heteroatoms. The Hall–Kier alpha value is -3.81. The number of furan rings is 1. The first-order valence-electron chi connectivity index (χ1n) is 9.56. The van der Waals surface area contributed by atoms with Crippen LogP contribution >= 0.6 is 0 Å². The molecule has 3 heterocycles. The Bertz CT molecular complexity index is 1070. The Labute approximate surface area is 173 Å². The van der Waals surface area contributed by atoms with Crippen LogP contribution in [0, 0.1) is 0 Å². The van der Waals surface area contributed by atoms with Crippen LogP contribution in [0.25, 0.3) is 5.76 Å². The van der Waals surface area contributed by atoms with E-state index in [0.29, 0.717) is 31.0 Å². The van der Waals surface area contributed by atoms with Gasteiger partial charge in [-0.15, -0.1) is 0 Å². The molecule has 154 valence electrons. The molecule has 1 amide bonds. The number of benzene rings is 1. The van der Waals surface area contributed by atoms with E-state index in [2.05, 4.69) is 4.98 Å². The first-order chi connectivity index (χ1) is 14.6. The highest BCUT2D eigenvalue weighted by molar-refractivity contribution is 6.46. The summed E-state index contributed by atoms with van der Waals surface area (Å²) in [5.41, 5.74) is 0.185. The molecular formula is C22H21N3O5. The molecule has 1 atom stereocenters. The third-order valence-corrected chi connectivity index (χ3v) is 5.09. The van der Waals surface area contributed by atoms with E-state index >= 15 is 0 Å². The summed E-state index contributed by atoms with van der Waals surface area (Å²) in [7, 11) is 1.50. The molecule has 8 nitrogen and oxygen atoms in total. The summed E-state index contributed by atoms with van der Waals surface area (Å²) in [5, 5.41) is 13.2. The maximum atomic E-state index is 13.2. The van der Waals surface area contributed by atoms with Crippen molar-refractivity contribution in [1.29, 1.82) is 0 Å². The van der Waals surface area contributed by atoms with E-state index in [4.69, 9.17) is 9.15 Å². The van der Waals surface area contributed by atoms with Gasteiger partial charge in [0.25, 0.3) is 5.91 Å². The van der Waals surface area contributed by atoms with Crippen molar-refractivity contribution in [3.05, 3.63) is 78.3 Å². The molecule has 1 aliphatic heterocycles. The summed E-state index contributed by atoms with van der Waals surface area (Å²) in [5.74, 6) is -1.11. The normalized spacial score (nSPS) is 18.2. The summed E-state index contributed by atoms with van der Waals surface area (Å²) >= 11 is 0. The molecule has 2 aromatic heterocycles. The van der Waals surface area contributed by atoms with E-state index in [1.807, 2.05) is 17.1 Å². The molecule has 0 aliphatic carbocycles. The molecular weight excluding hydrogens is 386 g/mol. The number of H-pyrrole nitrogens is 1. The summed E-state index contributed by atoms with van der Waals surface area (Å²) < 4.78 is 12.6. The number of hydrogen-bond donors (Lipinski definition) is 1. The molecule has 1 N–H and O–H groups in total. The molecule has 3 aromatic rings. The monoisotopic (exact) mass is 407 g/mol. The lowest BCUT2D eigenvalue weighted by Gasteiger charge is -2.25. The maximum absolute atomic E-state index is 13.2. The van der Waals surface area contributed by atoms with Gasteiger partial charge in [-0.3, -0.25) is 14.6 Å². The summed E-state index contributed by atoms with van der Waals surface area (Å²) in [6, 6.07) is 9.01. The third-order valence-electron chi connectivity index (χ3n) is 5.09. The molecule has 0 bridgehead atoms. The fourth-order valence-electron chi connectivity index (χ4n) is 3.65. The van der Waals surface area contributed by atoms with Gasteiger partial charge in [0.05, 0.1) is 19.9 Å². The van der Waals surface area contributed by atoms with E-state index in [-0.39, 0.29) is 11.1 Å². The Morgan fingerprint density at radius 3 is 2.87 bits per heavy atom. The quantitative estimate of drug-likeness (QED) is 0.275. The van der Waals surface area contributed by atoms with Crippen LogP contribution < -0.4 is 14.4 Å². The van der Waals surface area contributed by atoms with Gasteiger partial charge in [0.1, 0.15) is 29.9 Å². The third kappa shape index (κ3) is 3.59. The average Bonchev–Trinajstić information content (AvgIpc) is 3.52. The van der Waals surface area contributed by atoms with Crippen LogP contribution in [-0.4, -0.2) is 35.2 Å². The van der Waals surface area contributed by atoms with Crippen LogP contribution in [0.5, 0.6) is 5.75 Å². The summed E-state index contributed by atoms with van der Waals surface area (Å²) in [4.78, 5) is 30.0. The minimum atomic E-state index is -0.852. The van der Waals surface area contributed by atoms with Gasteiger partial charge in [0, 0.05) is 18.5 Å². The smallest absolute Gasteiger partial charge is 0.295 e. The van der Waals surface area contributed by atoms with Gasteiger partial charge in [-0.25, -0.2) is 4.57 Å². The van der Waals surface area contributed by atoms with Crippen LogP contribution in [0.3, 0.4) is 0 Å². The van der Waals surface area contributed by atoms with Crippen LogP contribution in [0.4, 0.5) is 0 Å². The van der Waals surface area contributed by atoms with E-state index in [1.165, 1.54) is 18.3 Å². The van der Waals surface area contributed by atoms with Gasteiger partial charge in [-0.2, -0.15) is 0 Å². The van der Waals surface area contributed by atoms with Crippen LogP contribution in [0.1, 0.15) is 23.8 Å². The fourth-order valence-corrected chi connectivity index (χ4v) is 3.65. The standard InChI is InChI=1S/C22H21N3O5/c1-29-16-6-2-5-15(13-16)20(26)18-19(17-7-3-12-30-17)25(22(28)21(18)27)10-4-9-24-11-8-23-14-24/h2-3,5-8,11-14,19H,4,9-10H2,1H3,(H,26,27). The molecule has 4 rings (SSSR count). The van der Waals surface area contributed by atoms with Crippen LogP contribution in [0.2, 0.25) is 0 Å². The van der Waals surface area contributed by atoms with Crippen LogP contribution in [-0.2, 0) is 16.1 Å². The zero-order chi connectivity index (χ0) is 21.1. The Kier molecular flexibility index (Phi) is 5.38. The number of amides is 1. The first-order valence-corrected chi connectivity index (χ1v) is 9.56. The molecule has 30 heavy (non-hydrogen) atoms. The second-order valence-corrected chi connectivity index (χ2v) is 6.92. The number of aromatic nitrogens is 2. The Morgan fingerprint density at radius 2 is 2.17 bits per heavy atom. The number of nitrogens with one attached hydrogen (secondary N) is 1. The number of methoxy groups -OCH3 is 1. The van der Waals surface area contributed by atoms with E-state index in [1.54, 1.807) is 42.6 Å². The lowest BCUT2D eigenvalue weighted by atomic mass is 9.99. The number of likely N-dealkylation sites (tertiary alicyclic amines) is 1. The highest BCUT2D eigenvalue weighted by atomic mass is 16.5. The number of hydrogen-bond acceptors (Lipinski definition) is 5. The predicted octanol–water partition coefficient (Wildman–Crippen LogP) is 1.22. The van der Waals surface area contributed by atoms with Gasteiger partial charge in [0.15, 0.2) is 0 Å². The maximum Gasteiger partial charge on any atom is 0.295 e. The molecule has 1 aromatic carbocycles. The lowest BCUT2D eigenvalue weighted by Crippen LogP contribution is -2.36. The van der Waals surface area contributed by atoms with Crippen molar-refractivity contribution in [2.45, 2.75) is 19.0 Å². The number of imidazole rings is 1. The summed E-state index contributed by atoms with van der Waals surface area (Å²) in [6.07, 6.45) is 7.56. The number of ether oxygens (including phenoxy) is 1. The van der Waals surface area contributed by atoms with Gasteiger partial charge in [-0.05, 0) is 29.8 Å². The number of aromatic amines is 1. The summed E-state index contributed by atoms with van der Waals surface area (Å²) in [6.45, 7) is 0.967. The van der Waals surface area contributed by atoms with Crippen molar-refractivity contribution < 1.29 is 28.4 Å². The molecule has 1 unspecified atom stereocenters. The lowest BCUT2D eigenvalue weighted by molar-refractivity contribution is -0.695. The minimum absolute atomic E-state index is 0.0995. The number of rotatable bonds is 7. The van der Waals surface area contributed by atoms with E-state index in [0.717, 1.165) is 0 Å². The number of nitrogens with zero attached hydrogens (tertiary/aromatic N) is 2. The van der Waals surface area contributed by atoms with Gasteiger partial charge < -0.3 is 19.2 Å². The van der Waals surface area contributed by atoms with Crippen molar-refractivity contribution in [2.75, 3.05) is 13.7 Å². The van der Waals surface area contributed by atoms with Crippen molar-refractivity contribution in [2.24, 2.45) is 0 Å². The van der Waals surface area contributed by atoms with Crippen molar-refractivity contribution in [1.82, 2.24) is 9.88 Å². The van der Waals surface area contributed by atoms with Crippen molar-refractivity contribution in [3.63, 3.8) is 0 Å². The second kappa shape index (κ2) is 8.28. The Morgan fingerprint density at radius 1 is 1.30 bits per heavy atom. The number of Topliss-reactive ketones (excluding diaryl/α,β-unsaturated/α-hetero) is 1. The first kappa shape index (κ1) is 19.5. The number of carbonyl (C=O) groups excluding carboxylic acids is 2. The highest BCUT2D eigenvalue weighted by Crippen LogP contribution is 2.39. The zero-order valence-corrected chi connectivity index (χ0v) is 16.4. The van der Waals surface area contributed by atoms with Crippen molar-refractivity contribution >= 4 is 17.4 Å². The van der Waals surface area contributed by atoms with E-state index < -0.39 is 23.5 Å². The molecule has 1 saturated heterocycles. The van der Waals surface area contributed by atoms with Crippen molar-refractivity contribution in [3.8, 4) is 5.75 Å². The predicted molar refractivity (Wildman–Crippen MR) is 104 cm³/mol. The highest BCUT2D eigenvalue weighted by Gasteiger charge is 2.45. The van der Waals surface area contributed by atoms with Gasteiger partial charge >= 0.3 is 0 Å². The number of ketones is 1. The molecule has 1 fully saturated rings. The minimum Gasteiger partial charge on any atom is -0.872 e. The molecule has 0 spiro atoms. The van der Waals surface area contributed by atoms with Crippen LogP contribution in [0.15, 0.2) is 71.4 Å². The SMILES string of the molecule is COc1cccc(/C([O-])=C2\C(=O)C(=O)N(CCC[n+]3cc[nH]c3)C2c2ccco2)c1. The topological polar surface area (TPSA) is 102 Å². The van der Waals surface area contributed by atoms with E-state index in [9.17, 15) is 14.7 Å². The average molecular weight is 407 g/mol. The molecule has 1 aliphatic rings. The second-order valence-electron chi connectivity index (χ2n) is 6.92. The molecule has 0 saturated carbocycles. The molecule has 0 radical (unpaired) electrons. The zero-order valence-electron chi connectivity index (χ0n) is 16.4. The van der Waals surface area contributed by atoms with Gasteiger partial charge in [0.2, 0.25) is 12.1 Å². The Balaban J connectivity index is 1.69. The fraction of sp³-hybridized carbons (Fsp3) is 0.227. The largest absolute Gasteiger partial charge is 0.872 e.